The van der Waals surface area contributed by atoms with Gasteiger partial charge < -0.3 is 5.32 Å². The predicted octanol–water partition coefficient (Wildman–Crippen LogP) is 0.283. The van der Waals surface area contributed by atoms with Crippen LogP contribution in [-0.4, -0.2) is 27.5 Å². The van der Waals surface area contributed by atoms with Crippen molar-refractivity contribution in [3.63, 3.8) is 0 Å². The third-order valence-electron chi connectivity index (χ3n) is 1.46. The molecule has 1 atom stereocenters. The van der Waals surface area contributed by atoms with Crippen molar-refractivity contribution in [3.8, 4) is 0 Å². The number of rotatable bonds is 3. The van der Waals surface area contributed by atoms with E-state index >= 15 is 0 Å². The van der Waals surface area contributed by atoms with Crippen molar-refractivity contribution in [2.75, 3.05) is 6.54 Å². The Morgan fingerprint density at radius 2 is 2.43 bits per heavy atom. The van der Waals surface area contributed by atoms with Crippen LogP contribution >= 0.6 is 15.9 Å². The molecular formula is C8H10BrN3O2. The van der Waals surface area contributed by atoms with Crippen molar-refractivity contribution in [1.29, 1.82) is 0 Å². The van der Waals surface area contributed by atoms with Gasteiger partial charge in [-0.2, -0.15) is 5.10 Å². The lowest BCUT2D eigenvalue weighted by molar-refractivity contribution is 0.0948. The van der Waals surface area contributed by atoms with Crippen LogP contribution in [0.4, 0.5) is 0 Å². The molecule has 0 saturated carbocycles. The maximum Gasteiger partial charge on any atom is 0.271 e. The monoisotopic (exact) mass is 259 g/mol. The summed E-state index contributed by atoms with van der Waals surface area (Å²) in [6.45, 7) is 2.43. The third-order valence-corrected chi connectivity index (χ3v) is 1.78. The number of nitrogens with zero attached hydrogens (tertiary/aromatic N) is 1. The number of H-pyrrole nitrogens is 1. The summed E-state index contributed by atoms with van der Waals surface area (Å²) in [7, 11) is 0. The summed E-state index contributed by atoms with van der Waals surface area (Å²) in [5, 5.41) is 8.43. The number of nitrogens with one attached hydrogen (secondary N) is 2. The Kier molecular flexibility index (Phi) is 3.82. The van der Waals surface area contributed by atoms with Gasteiger partial charge in [0.2, 0.25) is 0 Å². The van der Waals surface area contributed by atoms with Crippen LogP contribution in [0.2, 0.25) is 0 Å². The first kappa shape index (κ1) is 10.9. The molecule has 0 saturated heterocycles. The van der Waals surface area contributed by atoms with Gasteiger partial charge >= 0.3 is 0 Å². The summed E-state index contributed by atoms with van der Waals surface area (Å²) >= 11 is 3.29. The van der Waals surface area contributed by atoms with Crippen LogP contribution in [0.15, 0.2) is 16.9 Å². The minimum absolute atomic E-state index is 0.203. The van der Waals surface area contributed by atoms with Gasteiger partial charge in [-0.3, -0.25) is 9.59 Å². The molecule has 0 aliphatic carbocycles. The number of carbonyl (C=O) groups excluding carboxylic acids is 1. The van der Waals surface area contributed by atoms with Crippen molar-refractivity contribution >= 4 is 21.8 Å². The molecule has 1 aromatic heterocycles. The van der Waals surface area contributed by atoms with Gasteiger partial charge in [0.05, 0.1) is 0 Å². The van der Waals surface area contributed by atoms with Gasteiger partial charge in [0.25, 0.3) is 11.5 Å². The highest BCUT2D eigenvalue weighted by molar-refractivity contribution is 9.09. The number of amides is 1. The average Bonchev–Trinajstić information content (AvgIpc) is 2.15. The molecule has 0 bridgehead atoms. The van der Waals surface area contributed by atoms with Crippen molar-refractivity contribution < 1.29 is 4.79 Å². The molecule has 76 valence electrons. The highest BCUT2D eigenvalue weighted by Crippen LogP contribution is 1.95. The summed E-state index contributed by atoms with van der Waals surface area (Å²) in [6.07, 6.45) is 0. The average molecular weight is 260 g/mol. The molecule has 2 N–H and O–H groups in total. The number of alkyl halides is 1. The molecule has 5 nitrogen and oxygen atoms in total. The molecule has 0 aliphatic heterocycles. The lowest BCUT2D eigenvalue weighted by Gasteiger charge is -2.04. The second-order valence-electron chi connectivity index (χ2n) is 2.80. The molecule has 14 heavy (non-hydrogen) atoms. The van der Waals surface area contributed by atoms with Crippen LogP contribution < -0.4 is 10.9 Å². The van der Waals surface area contributed by atoms with Crippen LogP contribution in [0.3, 0.4) is 0 Å². The summed E-state index contributed by atoms with van der Waals surface area (Å²) < 4.78 is 0. The summed E-state index contributed by atoms with van der Waals surface area (Å²) in [4.78, 5) is 22.2. The van der Waals surface area contributed by atoms with E-state index in [4.69, 9.17) is 0 Å². The first-order valence-corrected chi connectivity index (χ1v) is 4.99. The molecule has 0 spiro atoms. The van der Waals surface area contributed by atoms with Gasteiger partial charge in [0.1, 0.15) is 5.69 Å². The topological polar surface area (TPSA) is 74.8 Å². The van der Waals surface area contributed by atoms with Gasteiger partial charge in [-0.1, -0.05) is 22.9 Å². The van der Waals surface area contributed by atoms with E-state index in [0.717, 1.165) is 0 Å². The maximum absolute atomic E-state index is 11.3. The number of aromatic nitrogens is 2. The lowest BCUT2D eigenvalue weighted by Crippen LogP contribution is -2.29. The largest absolute Gasteiger partial charge is 0.350 e. The Labute approximate surface area is 89.0 Å². The fourth-order valence-corrected chi connectivity index (χ4v) is 0.957. The highest BCUT2D eigenvalue weighted by Gasteiger charge is 2.07. The molecule has 1 heterocycles. The quantitative estimate of drug-likeness (QED) is 0.766. The van der Waals surface area contributed by atoms with E-state index < -0.39 is 0 Å². The molecule has 1 unspecified atom stereocenters. The first-order chi connectivity index (χ1) is 6.59. The highest BCUT2D eigenvalue weighted by atomic mass is 79.9. The van der Waals surface area contributed by atoms with E-state index in [9.17, 15) is 9.59 Å². The maximum atomic E-state index is 11.3. The van der Waals surface area contributed by atoms with Crippen molar-refractivity contribution in [2.45, 2.75) is 11.8 Å². The summed E-state index contributed by atoms with van der Waals surface area (Å²) in [5.41, 5.74) is -0.117. The van der Waals surface area contributed by atoms with Gasteiger partial charge in [0, 0.05) is 17.4 Å². The Bertz CT molecular complexity index is 355. The zero-order valence-corrected chi connectivity index (χ0v) is 9.17. The minimum atomic E-state index is -0.324. The molecule has 1 rings (SSSR count). The zero-order valence-electron chi connectivity index (χ0n) is 7.58. The molecule has 0 aromatic carbocycles. The second-order valence-corrected chi connectivity index (χ2v) is 4.36. The molecule has 0 aliphatic rings. The lowest BCUT2D eigenvalue weighted by atomic mass is 10.3. The fraction of sp³-hybridized carbons (Fsp3) is 0.375. The van der Waals surface area contributed by atoms with Crippen molar-refractivity contribution in [3.05, 3.63) is 28.2 Å². The van der Waals surface area contributed by atoms with Gasteiger partial charge in [-0.15, -0.1) is 0 Å². The number of halogens is 1. The third kappa shape index (κ3) is 3.29. The zero-order chi connectivity index (χ0) is 10.6. The van der Waals surface area contributed by atoms with E-state index in [0.29, 0.717) is 6.54 Å². The van der Waals surface area contributed by atoms with E-state index in [2.05, 4.69) is 31.4 Å². The van der Waals surface area contributed by atoms with Crippen LogP contribution in [-0.2, 0) is 0 Å². The normalized spacial score (nSPS) is 12.1. The molecule has 0 radical (unpaired) electrons. The van der Waals surface area contributed by atoms with Crippen molar-refractivity contribution in [2.24, 2.45) is 0 Å². The summed E-state index contributed by atoms with van der Waals surface area (Å²) in [5.74, 6) is -0.299. The predicted molar refractivity (Wildman–Crippen MR) is 55.6 cm³/mol. The molecular weight excluding hydrogens is 250 g/mol. The standard InChI is InChI=1S/C8H10BrN3O2/c1-5(9)4-10-8(14)6-2-3-7(13)12-11-6/h2-3,5H,4H2,1H3,(H,10,14)(H,12,13). The second kappa shape index (κ2) is 4.90. The van der Waals surface area contributed by atoms with E-state index in [1.807, 2.05) is 6.92 Å². The van der Waals surface area contributed by atoms with Crippen LogP contribution in [0, 0.1) is 0 Å². The van der Waals surface area contributed by atoms with E-state index in [1.54, 1.807) is 0 Å². The molecule has 6 heteroatoms. The Balaban J connectivity index is 2.61. The molecule has 1 aromatic rings. The van der Waals surface area contributed by atoms with Crippen LogP contribution in [0.1, 0.15) is 17.4 Å². The smallest absolute Gasteiger partial charge is 0.271 e. The van der Waals surface area contributed by atoms with Crippen molar-refractivity contribution in [1.82, 2.24) is 15.5 Å². The summed E-state index contributed by atoms with van der Waals surface area (Å²) in [6, 6.07) is 2.65. The molecule has 1 amide bonds. The number of hydrogen-bond acceptors (Lipinski definition) is 3. The Morgan fingerprint density at radius 1 is 1.71 bits per heavy atom. The fourth-order valence-electron chi connectivity index (χ4n) is 0.795. The number of hydrogen-bond donors (Lipinski definition) is 2. The molecule has 0 fully saturated rings. The number of aromatic amines is 1. The van der Waals surface area contributed by atoms with Gasteiger partial charge in [-0.25, -0.2) is 5.10 Å². The minimum Gasteiger partial charge on any atom is -0.350 e. The first-order valence-electron chi connectivity index (χ1n) is 4.07. The van der Waals surface area contributed by atoms with E-state index in [-0.39, 0.29) is 22.0 Å². The Morgan fingerprint density at radius 3 is 2.93 bits per heavy atom. The number of carbonyl (C=O) groups is 1. The van der Waals surface area contributed by atoms with Gasteiger partial charge in [0.15, 0.2) is 0 Å². The Hall–Kier alpha value is -1.17. The van der Waals surface area contributed by atoms with Gasteiger partial charge in [-0.05, 0) is 6.07 Å². The van der Waals surface area contributed by atoms with E-state index in [1.165, 1.54) is 12.1 Å². The SMILES string of the molecule is CC(Br)CNC(=O)c1ccc(=O)[nH]n1. The van der Waals surface area contributed by atoms with Crippen LogP contribution in [0.5, 0.6) is 0 Å². The van der Waals surface area contributed by atoms with Crippen LogP contribution in [0.25, 0.3) is 0 Å².